The molecule has 24 heavy (non-hydrogen) atoms. The van der Waals surface area contributed by atoms with Crippen molar-refractivity contribution in [1.82, 2.24) is 4.98 Å². The SMILES string of the molecule is Cc1cncc(N(C(=O)OCC2CCCCC2)c2ccccc2)c1. The summed E-state index contributed by atoms with van der Waals surface area (Å²) in [4.78, 5) is 18.6. The molecule has 1 fully saturated rings. The molecule has 1 aliphatic carbocycles. The minimum atomic E-state index is -0.334. The third kappa shape index (κ3) is 4.13. The van der Waals surface area contributed by atoms with E-state index in [4.69, 9.17) is 4.74 Å². The molecular formula is C20H24N2O2. The second-order valence-corrected chi connectivity index (χ2v) is 6.47. The molecule has 0 N–H and O–H groups in total. The zero-order valence-electron chi connectivity index (χ0n) is 14.1. The van der Waals surface area contributed by atoms with Gasteiger partial charge in [-0.15, -0.1) is 0 Å². The molecule has 1 saturated carbocycles. The van der Waals surface area contributed by atoms with Crippen LogP contribution in [0.2, 0.25) is 0 Å². The molecule has 1 aromatic carbocycles. The number of carbonyl (C=O) groups excluding carboxylic acids is 1. The van der Waals surface area contributed by atoms with Gasteiger partial charge in [-0.2, -0.15) is 0 Å². The first-order chi connectivity index (χ1) is 11.7. The number of para-hydroxylation sites is 1. The molecule has 1 amide bonds. The summed E-state index contributed by atoms with van der Waals surface area (Å²) in [6, 6.07) is 11.5. The summed E-state index contributed by atoms with van der Waals surface area (Å²) in [5.41, 5.74) is 2.53. The van der Waals surface area contributed by atoms with Gasteiger partial charge in [0.25, 0.3) is 0 Å². The number of anilines is 2. The van der Waals surface area contributed by atoms with Crippen molar-refractivity contribution in [3.05, 3.63) is 54.4 Å². The van der Waals surface area contributed by atoms with E-state index in [1.165, 1.54) is 19.3 Å². The number of hydrogen-bond donors (Lipinski definition) is 0. The normalized spacial score (nSPS) is 15.0. The van der Waals surface area contributed by atoms with Gasteiger partial charge in [-0.1, -0.05) is 37.5 Å². The summed E-state index contributed by atoms with van der Waals surface area (Å²) in [6.07, 6.45) is 9.24. The van der Waals surface area contributed by atoms with E-state index in [1.54, 1.807) is 17.3 Å². The van der Waals surface area contributed by atoms with Crippen LogP contribution in [0.4, 0.5) is 16.2 Å². The summed E-state index contributed by atoms with van der Waals surface area (Å²) >= 11 is 0. The number of ether oxygens (including phenoxy) is 1. The summed E-state index contributed by atoms with van der Waals surface area (Å²) in [7, 11) is 0. The van der Waals surface area contributed by atoms with Gasteiger partial charge in [-0.3, -0.25) is 4.98 Å². The lowest BCUT2D eigenvalue weighted by molar-refractivity contribution is 0.124. The summed E-state index contributed by atoms with van der Waals surface area (Å²) < 4.78 is 5.65. The largest absolute Gasteiger partial charge is 0.449 e. The molecule has 0 spiro atoms. The molecule has 1 aromatic heterocycles. The first-order valence-electron chi connectivity index (χ1n) is 8.67. The van der Waals surface area contributed by atoms with Gasteiger partial charge in [0.2, 0.25) is 0 Å². The zero-order chi connectivity index (χ0) is 16.8. The molecule has 3 rings (SSSR count). The lowest BCUT2D eigenvalue weighted by Crippen LogP contribution is -2.29. The van der Waals surface area contributed by atoms with Crippen LogP contribution in [0.3, 0.4) is 0 Å². The first kappa shape index (κ1) is 16.5. The maximum Gasteiger partial charge on any atom is 0.419 e. The van der Waals surface area contributed by atoms with Crippen LogP contribution >= 0.6 is 0 Å². The van der Waals surface area contributed by atoms with Gasteiger partial charge in [-0.05, 0) is 49.4 Å². The Morgan fingerprint density at radius 1 is 1.12 bits per heavy atom. The highest BCUT2D eigenvalue weighted by Crippen LogP contribution is 2.28. The van der Waals surface area contributed by atoms with Gasteiger partial charge in [0.15, 0.2) is 0 Å². The molecule has 1 aliphatic rings. The van der Waals surface area contributed by atoms with Gasteiger partial charge >= 0.3 is 6.09 Å². The molecule has 4 heteroatoms. The highest BCUT2D eigenvalue weighted by Gasteiger charge is 2.22. The number of rotatable bonds is 4. The van der Waals surface area contributed by atoms with Crippen LogP contribution < -0.4 is 4.90 Å². The van der Waals surface area contributed by atoms with Crippen molar-refractivity contribution in [2.45, 2.75) is 39.0 Å². The molecule has 0 radical (unpaired) electrons. The minimum Gasteiger partial charge on any atom is -0.449 e. The van der Waals surface area contributed by atoms with Gasteiger partial charge in [-0.25, -0.2) is 9.69 Å². The maximum atomic E-state index is 12.8. The molecule has 0 saturated heterocycles. The highest BCUT2D eigenvalue weighted by atomic mass is 16.6. The fraction of sp³-hybridized carbons (Fsp3) is 0.400. The van der Waals surface area contributed by atoms with Crippen molar-refractivity contribution < 1.29 is 9.53 Å². The second-order valence-electron chi connectivity index (χ2n) is 6.47. The number of hydrogen-bond acceptors (Lipinski definition) is 3. The van der Waals surface area contributed by atoms with Crippen molar-refractivity contribution in [1.29, 1.82) is 0 Å². The monoisotopic (exact) mass is 324 g/mol. The van der Waals surface area contributed by atoms with E-state index < -0.39 is 0 Å². The Balaban J connectivity index is 1.77. The Hall–Kier alpha value is -2.36. The van der Waals surface area contributed by atoms with E-state index >= 15 is 0 Å². The fourth-order valence-corrected chi connectivity index (χ4v) is 3.21. The number of benzene rings is 1. The summed E-state index contributed by atoms with van der Waals surface area (Å²) in [6.45, 7) is 2.47. The number of carbonyl (C=O) groups is 1. The van der Waals surface area contributed by atoms with Crippen LogP contribution in [0.1, 0.15) is 37.7 Å². The quantitative estimate of drug-likeness (QED) is 0.772. The van der Waals surface area contributed by atoms with Gasteiger partial charge in [0.05, 0.1) is 24.2 Å². The Labute approximate surface area is 143 Å². The van der Waals surface area contributed by atoms with Crippen molar-refractivity contribution in [3.63, 3.8) is 0 Å². The molecule has 0 aliphatic heterocycles. The molecule has 1 heterocycles. The van der Waals surface area contributed by atoms with E-state index in [2.05, 4.69) is 4.98 Å². The predicted octanol–water partition coefficient (Wildman–Crippen LogP) is 5.25. The molecule has 126 valence electrons. The van der Waals surface area contributed by atoms with Crippen molar-refractivity contribution in [2.24, 2.45) is 5.92 Å². The third-order valence-electron chi connectivity index (χ3n) is 4.48. The zero-order valence-corrected chi connectivity index (χ0v) is 14.1. The number of pyridine rings is 1. The van der Waals surface area contributed by atoms with Crippen LogP contribution in [0.25, 0.3) is 0 Å². The topological polar surface area (TPSA) is 42.4 Å². The molecule has 0 unspecified atom stereocenters. The second kappa shape index (κ2) is 7.95. The minimum absolute atomic E-state index is 0.334. The van der Waals surface area contributed by atoms with Crippen molar-refractivity contribution in [3.8, 4) is 0 Å². The average molecular weight is 324 g/mol. The molecular weight excluding hydrogens is 300 g/mol. The van der Waals surface area contributed by atoms with Crippen LogP contribution in [-0.4, -0.2) is 17.7 Å². The van der Waals surface area contributed by atoms with Crippen LogP contribution in [-0.2, 0) is 4.74 Å². The van der Waals surface area contributed by atoms with Crippen LogP contribution in [0.15, 0.2) is 48.8 Å². The predicted molar refractivity (Wildman–Crippen MR) is 95.5 cm³/mol. The summed E-state index contributed by atoms with van der Waals surface area (Å²) in [5.74, 6) is 0.496. The Kier molecular flexibility index (Phi) is 5.47. The van der Waals surface area contributed by atoms with E-state index in [0.29, 0.717) is 12.5 Å². The average Bonchev–Trinajstić information content (AvgIpc) is 2.62. The van der Waals surface area contributed by atoms with Crippen molar-refractivity contribution in [2.75, 3.05) is 11.5 Å². The maximum absolute atomic E-state index is 12.8. The van der Waals surface area contributed by atoms with Crippen LogP contribution in [0, 0.1) is 12.8 Å². The number of amides is 1. The Morgan fingerprint density at radius 2 is 1.88 bits per heavy atom. The molecule has 0 bridgehead atoms. The van der Waals surface area contributed by atoms with E-state index in [1.807, 2.05) is 43.3 Å². The highest BCUT2D eigenvalue weighted by molar-refractivity contribution is 5.95. The van der Waals surface area contributed by atoms with Gasteiger partial charge < -0.3 is 4.74 Å². The third-order valence-corrected chi connectivity index (χ3v) is 4.48. The molecule has 2 aromatic rings. The lowest BCUT2D eigenvalue weighted by Gasteiger charge is -2.25. The standard InChI is InChI=1S/C20H24N2O2/c1-16-12-19(14-21-13-16)22(18-10-6-3-7-11-18)20(23)24-15-17-8-4-2-5-9-17/h3,6-7,10-14,17H,2,4-5,8-9,15H2,1H3. The molecule has 0 atom stereocenters. The first-order valence-corrected chi connectivity index (χ1v) is 8.67. The van der Waals surface area contributed by atoms with E-state index in [-0.39, 0.29) is 6.09 Å². The fourth-order valence-electron chi connectivity index (χ4n) is 3.21. The van der Waals surface area contributed by atoms with E-state index in [0.717, 1.165) is 29.8 Å². The Morgan fingerprint density at radius 3 is 2.58 bits per heavy atom. The van der Waals surface area contributed by atoms with Crippen molar-refractivity contribution >= 4 is 17.5 Å². The summed E-state index contributed by atoms with van der Waals surface area (Å²) in [5, 5.41) is 0. The van der Waals surface area contributed by atoms with Gasteiger partial charge in [0.1, 0.15) is 0 Å². The van der Waals surface area contributed by atoms with Gasteiger partial charge in [0, 0.05) is 6.20 Å². The lowest BCUT2D eigenvalue weighted by atomic mass is 9.90. The smallest absolute Gasteiger partial charge is 0.419 e. The van der Waals surface area contributed by atoms with E-state index in [9.17, 15) is 4.79 Å². The Bertz CT molecular complexity index is 666. The number of aromatic nitrogens is 1. The number of aryl methyl sites for hydroxylation is 1. The van der Waals surface area contributed by atoms with Crippen LogP contribution in [0.5, 0.6) is 0 Å². The number of nitrogens with zero attached hydrogens (tertiary/aromatic N) is 2. The molecule has 4 nitrogen and oxygen atoms in total.